The Hall–Kier alpha value is -1.11. The zero-order chi connectivity index (χ0) is 16.8. The second-order valence-electron chi connectivity index (χ2n) is 7.02. The van der Waals surface area contributed by atoms with Gasteiger partial charge < -0.3 is 24.4 Å². The summed E-state index contributed by atoms with van der Waals surface area (Å²) in [5, 5.41) is 3.10. The molecular weight excluding hydrogens is 308 g/mol. The Bertz CT molecular complexity index is 425. The number of hydrogen-bond acceptors (Lipinski definition) is 4. The van der Waals surface area contributed by atoms with Crippen molar-refractivity contribution in [1.29, 1.82) is 0 Å². The molecule has 0 aliphatic carbocycles. The van der Waals surface area contributed by atoms with Crippen LogP contribution in [0, 0.1) is 11.8 Å². The van der Waals surface area contributed by atoms with Gasteiger partial charge >= 0.3 is 6.03 Å². The highest BCUT2D eigenvalue weighted by Gasteiger charge is 2.31. The van der Waals surface area contributed by atoms with Crippen molar-refractivity contribution in [2.75, 3.05) is 46.1 Å². The highest BCUT2D eigenvalue weighted by molar-refractivity contribution is 5.74. The summed E-state index contributed by atoms with van der Waals surface area (Å²) in [5.41, 5.74) is 0. The summed E-state index contributed by atoms with van der Waals surface area (Å²) in [6.07, 6.45) is 6.07. The zero-order valence-electron chi connectivity index (χ0n) is 14.5. The molecule has 3 fully saturated rings. The van der Waals surface area contributed by atoms with Gasteiger partial charge in [-0.1, -0.05) is 6.08 Å². The Morgan fingerprint density at radius 2 is 2.00 bits per heavy atom. The third-order valence-electron chi connectivity index (χ3n) is 5.45. The quantitative estimate of drug-likeness (QED) is 0.777. The van der Waals surface area contributed by atoms with E-state index in [4.69, 9.17) is 14.2 Å². The molecule has 3 saturated heterocycles. The molecule has 0 radical (unpaired) electrons. The van der Waals surface area contributed by atoms with Gasteiger partial charge in [-0.05, 0) is 31.6 Å². The Kier molecular flexibility index (Phi) is 6.51. The summed E-state index contributed by atoms with van der Waals surface area (Å²) >= 11 is 0. The van der Waals surface area contributed by atoms with Gasteiger partial charge in [0.2, 0.25) is 0 Å². The van der Waals surface area contributed by atoms with Crippen LogP contribution in [0.3, 0.4) is 0 Å². The van der Waals surface area contributed by atoms with Gasteiger partial charge in [0.05, 0.1) is 25.4 Å². The number of nitrogens with zero attached hydrogens (tertiary/aromatic N) is 1. The molecule has 6 heteroatoms. The Morgan fingerprint density at radius 3 is 2.79 bits per heavy atom. The molecule has 3 aliphatic rings. The SMILES string of the molecule is C=C[C@@H]1OCC[C@H]1CNC(=O)N1CCOCC1CC1CCOCC1. The van der Waals surface area contributed by atoms with E-state index in [0.29, 0.717) is 38.1 Å². The van der Waals surface area contributed by atoms with Crippen LogP contribution in [0.5, 0.6) is 0 Å². The minimum atomic E-state index is 0.0325. The standard InChI is InChI=1S/C18H30N2O4/c1-2-17-15(5-9-24-17)12-19-18(21)20-6-10-23-13-16(20)11-14-3-7-22-8-4-14/h2,14-17H,1,3-13H2,(H,19,21)/t15-,16?,17-/m0/s1. The summed E-state index contributed by atoms with van der Waals surface area (Å²) in [6, 6.07) is 0.210. The number of urea groups is 1. The van der Waals surface area contributed by atoms with E-state index in [2.05, 4.69) is 11.9 Å². The fourth-order valence-electron chi connectivity index (χ4n) is 3.94. The smallest absolute Gasteiger partial charge is 0.317 e. The Morgan fingerprint density at radius 1 is 1.17 bits per heavy atom. The monoisotopic (exact) mass is 338 g/mol. The summed E-state index contributed by atoms with van der Waals surface area (Å²) in [5.74, 6) is 0.968. The Balaban J connectivity index is 1.50. The maximum atomic E-state index is 12.7. The normalized spacial score (nSPS) is 31.8. The molecular formula is C18H30N2O4. The number of amides is 2. The van der Waals surface area contributed by atoms with Crippen molar-refractivity contribution in [2.45, 2.75) is 37.8 Å². The minimum absolute atomic E-state index is 0.0325. The third kappa shape index (κ3) is 4.49. The van der Waals surface area contributed by atoms with E-state index in [9.17, 15) is 4.79 Å². The average molecular weight is 338 g/mol. The van der Waals surface area contributed by atoms with Crippen molar-refractivity contribution < 1.29 is 19.0 Å². The number of hydrogen-bond donors (Lipinski definition) is 1. The summed E-state index contributed by atoms with van der Waals surface area (Å²) in [7, 11) is 0. The average Bonchev–Trinajstić information content (AvgIpc) is 3.08. The van der Waals surface area contributed by atoms with Crippen LogP contribution in [-0.2, 0) is 14.2 Å². The largest absolute Gasteiger partial charge is 0.381 e. The number of morpholine rings is 1. The van der Waals surface area contributed by atoms with Gasteiger partial charge in [0.25, 0.3) is 0 Å². The number of ether oxygens (including phenoxy) is 3. The number of nitrogens with one attached hydrogen (secondary N) is 1. The molecule has 0 saturated carbocycles. The zero-order valence-corrected chi connectivity index (χ0v) is 14.5. The van der Waals surface area contributed by atoms with Crippen molar-refractivity contribution in [2.24, 2.45) is 11.8 Å². The second kappa shape index (κ2) is 8.83. The van der Waals surface area contributed by atoms with E-state index >= 15 is 0 Å². The summed E-state index contributed by atoms with van der Waals surface area (Å²) in [6.45, 7) is 8.84. The van der Waals surface area contributed by atoms with Crippen molar-refractivity contribution in [3.63, 3.8) is 0 Å². The fourth-order valence-corrected chi connectivity index (χ4v) is 3.94. The molecule has 0 spiro atoms. The van der Waals surface area contributed by atoms with Gasteiger partial charge in [-0.2, -0.15) is 0 Å². The van der Waals surface area contributed by atoms with Gasteiger partial charge in [0.1, 0.15) is 0 Å². The summed E-state index contributed by atoms with van der Waals surface area (Å²) < 4.78 is 16.7. The second-order valence-corrected chi connectivity index (χ2v) is 7.02. The molecule has 1 unspecified atom stereocenters. The molecule has 3 atom stereocenters. The van der Waals surface area contributed by atoms with E-state index in [0.717, 1.165) is 45.5 Å². The van der Waals surface area contributed by atoms with E-state index in [1.807, 2.05) is 11.0 Å². The van der Waals surface area contributed by atoms with Crippen LogP contribution in [0.2, 0.25) is 0 Å². The molecule has 3 heterocycles. The van der Waals surface area contributed by atoms with Crippen LogP contribution in [0.1, 0.15) is 25.7 Å². The van der Waals surface area contributed by atoms with Crippen molar-refractivity contribution in [3.8, 4) is 0 Å². The van der Waals surface area contributed by atoms with Crippen molar-refractivity contribution >= 4 is 6.03 Å². The van der Waals surface area contributed by atoms with Crippen LogP contribution in [0.15, 0.2) is 12.7 Å². The molecule has 1 N–H and O–H groups in total. The molecule has 136 valence electrons. The molecule has 2 amide bonds. The van der Waals surface area contributed by atoms with Gasteiger partial charge in [0.15, 0.2) is 0 Å². The number of carbonyl (C=O) groups is 1. The molecule has 3 rings (SSSR count). The lowest BCUT2D eigenvalue weighted by atomic mass is 9.92. The third-order valence-corrected chi connectivity index (χ3v) is 5.45. The van der Waals surface area contributed by atoms with E-state index in [1.54, 1.807) is 0 Å². The first kappa shape index (κ1) is 17.7. The fraction of sp³-hybridized carbons (Fsp3) is 0.833. The van der Waals surface area contributed by atoms with Gasteiger partial charge in [0, 0.05) is 38.8 Å². The van der Waals surface area contributed by atoms with Gasteiger partial charge in [-0.15, -0.1) is 6.58 Å². The number of rotatable bonds is 5. The highest BCUT2D eigenvalue weighted by atomic mass is 16.5. The Labute approximate surface area is 144 Å². The first-order chi connectivity index (χ1) is 11.8. The predicted octanol–water partition coefficient (Wildman–Crippen LogP) is 1.80. The van der Waals surface area contributed by atoms with Crippen LogP contribution in [0.25, 0.3) is 0 Å². The molecule has 3 aliphatic heterocycles. The molecule has 0 aromatic rings. The maximum absolute atomic E-state index is 12.7. The first-order valence-corrected chi connectivity index (χ1v) is 9.22. The minimum Gasteiger partial charge on any atom is -0.381 e. The predicted molar refractivity (Wildman–Crippen MR) is 90.9 cm³/mol. The van der Waals surface area contributed by atoms with Crippen molar-refractivity contribution in [3.05, 3.63) is 12.7 Å². The molecule has 0 bridgehead atoms. The molecule has 6 nitrogen and oxygen atoms in total. The van der Waals surface area contributed by atoms with E-state index in [1.165, 1.54) is 0 Å². The lowest BCUT2D eigenvalue weighted by molar-refractivity contribution is -0.00764. The highest BCUT2D eigenvalue weighted by Crippen LogP contribution is 2.24. The van der Waals surface area contributed by atoms with E-state index in [-0.39, 0.29) is 18.2 Å². The maximum Gasteiger partial charge on any atom is 0.317 e. The van der Waals surface area contributed by atoms with Gasteiger partial charge in [-0.3, -0.25) is 0 Å². The molecule has 24 heavy (non-hydrogen) atoms. The van der Waals surface area contributed by atoms with Crippen LogP contribution >= 0.6 is 0 Å². The van der Waals surface area contributed by atoms with E-state index < -0.39 is 0 Å². The topological polar surface area (TPSA) is 60.0 Å². The molecule has 0 aromatic carbocycles. The summed E-state index contributed by atoms with van der Waals surface area (Å²) in [4.78, 5) is 14.6. The van der Waals surface area contributed by atoms with Crippen LogP contribution < -0.4 is 5.32 Å². The van der Waals surface area contributed by atoms with Crippen LogP contribution in [0.4, 0.5) is 4.79 Å². The molecule has 0 aromatic heterocycles. The van der Waals surface area contributed by atoms with Gasteiger partial charge in [-0.25, -0.2) is 4.79 Å². The van der Waals surface area contributed by atoms with Crippen LogP contribution in [-0.4, -0.2) is 69.2 Å². The first-order valence-electron chi connectivity index (χ1n) is 9.22. The lowest BCUT2D eigenvalue weighted by Crippen LogP contribution is -2.54. The van der Waals surface area contributed by atoms with Crippen molar-refractivity contribution in [1.82, 2.24) is 10.2 Å². The lowest BCUT2D eigenvalue weighted by Gasteiger charge is -2.38. The number of carbonyl (C=O) groups excluding carboxylic acids is 1.